The fourth-order valence-electron chi connectivity index (χ4n) is 3.36. The average molecular weight is 411 g/mol. The van der Waals surface area contributed by atoms with Gasteiger partial charge in [0.05, 0.1) is 11.5 Å². The maximum absolute atomic E-state index is 14.8. The fraction of sp³-hybridized carbons (Fsp3) is 0.190. The number of nitrogens with zero attached hydrogens (tertiary/aromatic N) is 3. The summed E-state index contributed by atoms with van der Waals surface area (Å²) in [4.78, 5) is 22.4. The van der Waals surface area contributed by atoms with Gasteiger partial charge in [0, 0.05) is 42.2 Å². The van der Waals surface area contributed by atoms with Gasteiger partial charge in [0.2, 0.25) is 0 Å². The van der Waals surface area contributed by atoms with Crippen LogP contribution in [0.15, 0.2) is 61.2 Å². The molecule has 1 aliphatic rings. The zero-order chi connectivity index (χ0) is 20.4. The first-order valence-corrected chi connectivity index (χ1v) is 10.9. The largest absolute Gasteiger partial charge is 0.337 e. The van der Waals surface area contributed by atoms with E-state index in [1.165, 1.54) is 29.7 Å². The van der Waals surface area contributed by atoms with Crippen LogP contribution in [0.1, 0.15) is 10.4 Å². The van der Waals surface area contributed by atoms with Gasteiger partial charge in [0.1, 0.15) is 12.1 Å². The molecular formula is C21H18FN3O3S. The molecule has 3 aromatic rings. The van der Waals surface area contributed by atoms with Crippen molar-refractivity contribution < 1.29 is 17.6 Å². The lowest BCUT2D eigenvalue weighted by molar-refractivity contribution is 0.0771. The van der Waals surface area contributed by atoms with Crippen molar-refractivity contribution >= 4 is 15.7 Å². The summed E-state index contributed by atoms with van der Waals surface area (Å²) in [5, 5.41) is 0. The molecule has 29 heavy (non-hydrogen) atoms. The lowest BCUT2D eigenvalue weighted by atomic mass is 9.96. The second-order valence-electron chi connectivity index (χ2n) is 6.81. The molecule has 0 unspecified atom stereocenters. The minimum absolute atomic E-state index is 0.0383. The second-order valence-corrected chi connectivity index (χ2v) is 9.12. The molecule has 0 aliphatic carbocycles. The third kappa shape index (κ3) is 4.02. The van der Waals surface area contributed by atoms with Crippen LogP contribution in [0.4, 0.5) is 4.39 Å². The highest BCUT2D eigenvalue weighted by atomic mass is 32.2. The van der Waals surface area contributed by atoms with Crippen LogP contribution >= 0.6 is 0 Å². The second kappa shape index (κ2) is 7.71. The van der Waals surface area contributed by atoms with Gasteiger partial charge in [-0.15, -0.1) is 0 Å². The molecule has 148 valence electrons. The van der Waals surface area contributed by atoms with Crippen LogP contribution < -0.4 is 0 Å². The highest BCUT2D eigenvalue weighted by Gasteiger charge is 2.27. The van der Waals surface area contributed by atoms with Crippen LogP contribution in [-0.4, -0.2) is 53.8 Å². The van der Waals surface area contributed by atoms with Gasteiger partial charge in [0.25, 0.3) is 5.91 Å². The highest BCUT2D eigenvalue weighted by molar-refractivity contribution is 7.91. The molecule has 0 bridgehead atoms. The summed E-state index contributed by atoms with van der Waals surface area (Å²) in [7, 11) is -3.08. The summed E-state index contributed by atoms with van der Waals surface area (Å²) in [5.74, 6) is -0.771. The predicted octanol–water partition coefficient (Wildman–Crippen LogP) is 2.82. The molecule has 8 heteroatoms. The standard InChI is InChI=1S/C21H18FN3O3S/c22-20-11-15(5-6-18(20)16-12-23-14-24-13-16)17-3-1-2-4-19(17)21(26)25-7-9-29(27,28)10-8-25/h1-6,11-14H,7-10H2. The van der Waals surface area contributed by atoms with Crippen molar-refractivity contribution in [1.82, 2.24) is 14.9 Å². The first-order valence-electron chi connectivity index (χ1n) is 9.09. The number of carbonyl (C=O) groups excluding carboxylic acids is 1. The number of benzene rings is 2. The first-order chi connectivity index (χ1) is 13.9. The summed E-state index contributed by atoms with van der Waals surface area (Å²) in [6.45, 7) is 0.327. The number of rotatable bonds is 3. The molecular weight excluding hydrogens is 393 g/mol. The molecule has 4 rings (SSSR count). The van der Waals surface area contributed by atoms with Crippen LogP contribution in [0.25, 0.3) is 22.3 Å². The van der Waals surface area contributed by atoms with E-state index in [-0.39, 0.29) is 30.5 Å². The molecule has 2 heterocycles. The highest BCUT2D eigenvalue weighted by Crippen LogP contribution is 2.30. The van der Waals surface area contributed by atoms with Crippen molar-refractivity contribution in [2.24, 2.45) is 0 Å². The first kappa shape index (κ1) is 19.2. The van der Waals surface area contributed by atoms with E-state index in [0.717, 1.165) is 0 Å². The monoisotopic (exact) mass is 411 g/mol. The molecule has 1 aromatic heterocycles. The Bertz CT molecular complexity index is 1150. The van der Waals surface area contributed by atoms with E-state index in [1.807, 2.05) is 0 Å². The molecule has 1 saturated heterocycles. The van der Waals surface area contributed by atoms with E-state index >= 15 is 0 Å². The molecule has 1 aliphatic heterocycles. The molecule has 0 atom stereocenters. The molecule has 6 nitrogen and oxygen atoms in total. The number of sulfone groups is 1. The number of carbonyl (C=O) groups is 1. The number of aromatic nitrogens is 2. The van der Waals surface area contributed by atoms with Gasteiger partial charge in [-0.3, -0.25) is 4.79 Å². The summed E-state index contributed by atoms with van der Waals surface area (Å²) in [5.41, 5.74) is 2.52. The Morgan fingerprint density at radius 3 is 2.31 bits per heavy atom. The maximum Gasteiger partial charge on any atom is 0.254 e. The van der Waals surface area contributed by atoms with Crippen molar-refractivity contribution in [2.45, 2.75) is 0 Å². The molecule has 1 amide bonds. The maximum atomic E-state index is 14.8. The molecule has 2 aromatic carbocycles. The third-order valence-corrected chi connectivity index (χ3v) is 6.55. The van der Waals surface area contributed by atoms with E-state index in [2.05, 4.69) is 9.97 Å². The predicted molar refractivity (Wildman–Crippen MR) is 107 cm³/mol. The summed E-state index contributed by atoms with van der Waals surface area (Å²) >= 11 is 0. The summed E-state index contributed by atoms with van der Waals surface area (Å²) in [6.07, 6.45) is 4.45. The molecule has 0 N–H and O–H groups in total. The van der Waals surface area contributed by atoms with Gasteiger partial charge >= 0.3 is 0 Å². The van der Waals surface area contributed by atoms with E-state index < -0.39 is 15.7 Å². The number of amides is 1. The van der Waals surface area contributed by atoms with Crippen LogP contribution in [-0.2, 0) is 9.84 Å². The lowest BCUT2D eigenvalue weighted by Crippen LogP contribution is -2.43. The summed E-state index contributed by atoms with van der Waals surface area (Å²) < 4.78 is 38.1. The van der Waals surface area contributed by atoms with Gasteiger partial charge in [-0.25, -0.2) is 22.8 Å². The molecule has 0 radical (unpaired) electrons. The van der Waals surface area contributed by atoms with Crippen LogP contribution in [0.2, 0.25) is 0 Å². The molecule has 0 saturated carbocycles. The molecule has 1 fully saturated rings. The number of hydrogen-bond acceptors (Lipinski definition) is 5. The van der Waals surface area contributed by atoms with Crippen LogP contribution in [0.5, 0.6) is 0 Å². The van der Waals surface area contributed by atoms with Gasteiger partial charge in [-0.1, -0.05) is 30.3 Å². The van der Waals surface area contributed by atoms with Crippen molar-refractivity contribution in [3.8, 4) is 22.3 Å². The SMILES string of the molecule is O=C(c1ccccc1-c1ccc(-c2cncnc2)c(F)c1)N1CCS(=O)(=O)CC1. The minimum atomic E-state index is -3.08. The number of halogens is 1. The van der Waals surface area contributed by atoms with Crippen molar-refractivity contribution in [3.05, 3.63) is 72.6 Å². The third-order valence-electron chi connectivity index (χ3n) is 4.94. The van der Waals surface area contributed by atoms with Gasteiger partial charge < -0.3 is 4.90 Å². The summed E-state index contributed by atoms with van der Waals surface area (Å²) in [6, 6.07) is 11.7. The quantitative estimate of drug-likeness (QED) is 0.662. The van der Waals surface area contributed by atoms with E-state index in [4.69, 9.17) is 0 Å². The van der Waals surface area contributed by atoms with Gasteiger partial charge in [-0.05, 0) is 23.3 Å². The van der Waals surface area contributed by atoms with Gasteiger partial charge in [-0.2, -0.15) is 0 Å². The van der Waals surface area contributed by atoms with E-state index in [0.29, 0.717) is 27.8 Å². The lowest BCUT2D eigenvalue weighted by Gasteiger charge is -2.27. The smallest absolute Gasteiger partial charge is 0.254 e. The van der Waals surface area contributed by atoms with Crippen LogP contribution in [0, 0.1) is 5.82 Å². The van der Waals surface area contributed by atoms with Gasteiger partial charge in [0.15, 0.2) is 9.84 Å². The minimum Gasteiger partial charge on any atom is -0.337 e. The average Bonchev–Trinajstić information content (AvgIpc) is 2.74. The Kier molecular flexibility index (Phi) is 5.10. The van der Waals surface area contributed by atoms with Crippen molar-refractivity contribution in [3.63, 3.8) is 0 Å². The van der Waals surface area contributed by atoms with E-state index in [9.17, 15) is 17.6 Å². The topological polar surface area (TPSA) is 80.2 Å². The van der Waals surface area contributed by atoms with E-state index in [1.54, 1.807) is 36.4 Å². The zero-order valence-electron chi connectivity index (χ0n) is 15.5. The normalized spacial score (nSPS) is 15.8. The Morgan fingerprint density at radius 1 is 0.931 bits per heavy atom. The number of hydrogen-bond donors (Lipinski definition) is 0. The Morgan fingerprint density at radius 2 is 1.62 bits per heavy atom. The molecule has 0 spiro atoms. The Balaban J connectivity index is 1.67. The Hall–Kier alpha value is -3.13. The van der Waals surface area contributed by atoms with Crippen LogP contribution in [0.3, 0.4) is 0 Å². The van der Waals surface area contributed by atoms with Crippen molar-refractivity contribution in [2.75, 3.05) is 24.6 Å². The Labute approximate surface area is 168 Å². The van der Waals surface area contributed by atoms with Crippen molar-refractivity contribution in [1.29, 1.82) is 0 Å². The zero-order valence-corrected chi connectivity index (χ0v) is 16.3. The fourth-order valence-corrected chi connectivity index (χ4v) is 4.56.